The second-order valence-electron chi connectivity index (χ2n) is 4.16. The van der Waals surface area contributed by atoms with Crippen LogP contribution in [-0.2, 0) is 6.54 Å². The summed E-state index contributed by atoms with van der Waals surface area (Å²) >= 11 is 3.35. The third-order valence-corrected chi connectivity index (χ3v) is 3.61. The highest BCUT2D eigenvalue weighted by Gasteiger charge is 2.13. The summed E-state index contributed by atoms with van der Waals surface area (Å²) in [6.45, 7) is 0.864. The second kappa shape index (κ2) is 5.09. The number of rotatable bonds is 3. The first kappa shape index (κ1) is 12.3. The van der Waals surface area contributed by atoms with Crippen LogP contribution in [0.5, 0.6) is 11.5 Å². The van der Waals surface area contributed by atoms with Gasteiger partial charge in [0.05, 0.1) is 0 Å². The van der Waals surface area contributed by atoms with Crippen molar-refractivity contribution in [2.75, 3.05) is 12.1 Å². The summed E-state index contributed by atoms with van der Waals surface area (Å²) in [5.41, 5.74) is 1.92. The average molecular weight is 324 g/mol. The van der Waals surface area contributed by atoms with Crippen LogP contribution in [0, 0.1) is 5.82 Å². The minimum Gasteiger partial charge on any atom is -0.454 e. The van der Waals surface area contributed by atoms with Gasteiger partial charge in [-0.15, -0.1) is 0 Å². The van der Waals surface area contributed by atoms with E-state index in [1.54, 1.807) is 6.07 Å². The first-order valence-corrected chi connectivity index (χ1v) is 6.59. The van der Waals surface area contributed by atoms with E-state index < -0.39 is 0 Å². The van der Waals surface area contributed by atoms with E-state index in [0.29, 0.717) is 6.54 Å². The second-order valence-corrected chi connectivity index (χ2v) is 5.01. The zero-order valence-corrected chi connectivity index (χ0v) is 11.5. The molecule has 5 heteroatoms. The number of halogens is 2. The average Bonchev–Trinajstić information content (AvgIpc) is 2.85. The van der Waals surface area contributed by atoms with Gasteiger partial charge in [-0.1, -0.05) is 22.0 Å². The van der Waals surface area contributed by atoms with Crippen molar-refractivity contribution in [3.63, 3.8) is 0 Å². The van der Waals surface area contributed by atoms with E-state index in [9.17, 15) is 4.39 Å². The highest BCUT2D eigenvalue weighted by molar-refractivity contribution is 9.10. The third kappa shape index (κ3) is 2.66. The molecule has 1 aliphatic heterocycles. The summed E-state index contributed by atoms with van der Waals surface area (Å²) in [6, 6.07) is 10.3. The summed E-state index contributed by atoms with van der Waals surface area (Å²) < 4.78 is 24.3. The fourth-order valence-electron chi connectivity index (χ4n) is 1.87. The van der Waals surface area contributed by atoms with Gasteiger partial charge in [-0.25, -0.2) is 4.39 Å². The number of hydrogen-bond donors (Lipinski definition) is 1. The van der Waals surface area contributed by atoms with Gasteiger partial charge in [-0.2, -0.15) is 0 Å². The van der Waals surface area contributed by atoms with Gasteiger partial charge in [-0.05, 0) is 29.8 Å². The molecule has 3 nitrogen and oxygen atoms in total. The minimum atomic E-state index is -0.251. The molecule has 98 valence electrons. The Morgan fingerprint density at radius 3 is 2.79 bits per heavy atom. The van der Waals surface area contributed by atoms with Crippen molar-refractivity contribution in [2.45, 2.75) is 6.54 Å². The van der Waals surface area contributed by atoms with Gasteiger partial charge < -0.3 is 14.8 Å². The lowest BCUT2D eigenvalue weighted by atomic mass is 10.2. The van der Waals surface area contributed by atoms with Crippen LogP contribution in [0.1, 0.15) is 5.56 Å². The molecule has 0 aromatic heterocycles. The van der Waals surface area contributed by atoms with Gasteiger partial charge in [0.25, 0.3) is 0 Å². The lowest BCUT2D eigenvalue weighted by Crippen LogP contribution is -2.00. The smallest absolute Gasteiger partial charge is 0.231 e. The first-order valence-electron chi connectivity index (χ1n) is 5.80. The predicted molar refractivity (Wildman–Crippen MR) is 74.0 cm³/mol. The number of ether oxygens (including phenoxy) is 2. The molecular weight excluding hydrogens is 313 g/mol. The Kier molecular flexibility index (Phi) is 3.29. The molecule has 2 aromatic carbocycles. The fourth-order valence-corrected chi connectivity index (χ4v) is 2.36. The van der Waals surface area contributed by atoms with Crippen LogP contribution in [0.25, 0.3) is 0 Å². The summed E-state index contributed by atoms with van der Waals surface area (Å²) in [5, 5.41) is 3.26. The van der Waals surface area contributed by atoms with Crippen molar-refractivity contribution in [3.05, 3.63) is 52.3 Å². The van der Waals surface area contributed by atoms with Crippen molar-refractivity contribution >= 4 is 21.6 Å². The monoisotopic (exact) mass is 323 g/mol. The minimum absolute atomic E-state index is 0.251. The van der Waals surface area contributed by atoms with Crippen molar-refractivity contribution < 1.29 is 13.9 Å². The Hall–Kier alpha value is -1.75. The van der Waals surface area contributed by atoms with E-state index >= 15 is 0 Å². The number of nitrogens with one attached hydrogen (secondary N) is 1. The molecule has 0 atom stereocenters. The Morgan fingerprint density at radius 1 is 1.11 bits per heavy atom. The van der Waals surface area contributed by atoms with Crippen LogP contribution >= 0.6 is 15.9 Å². The molecule has 1 aliphatic rings. The van der Waals surface area contributed by atoms with Gasteiger partial charge >= 0.3 is 0 Å². The van der Waals surface area contributed by atoms with Gasteiger partial charge in [0, 0.05) is 22.8 Å². The normalized spacial score (nSPS) is 12.5. The largest absolute Gasteiger partial charge is 0.454 e. The molecule has 0 spiro atoms. The van der Waals surface area contributed by atoms with E-state index in [2.05, 4.69) is 21.2 Å². The maximum absolute atomic E-state index is 13.0. The van der Waals surface area contributed by atoms with Crippen molar-refractivity contribution in [1.82, 2.24) is 0 Å². The number of benzene rings is 2. The molecule has 1 N–H and O–H groups in total. The zero-order chi connectivity index (χ0) is 13.2. The molecule has 0 amide bonds. The van der Waals surface area contributed by atoms with E-state index in [4.69, 9.17) is 9.47 Å². The van der Waals surface area contributed by atoms with E-state index in [1.807, 2.05) is 18.2 Å². The molecule has 0 unspecified atom stereocenters. The summed E-state index contributed by atoms with van der Waals surface area (Å²) in [7, 11) is 0. The Balaban J connectivity index is 1.72. The molecule has 0 saturated carbocycles. The molecule has 3 rings (SSSR count). The lowest BCUT2D eigenvalue weighted by Gasteiger charge is -2.09. The van der Waals surface area contributed by atoms with Gasteiger partial charge in [0.15, 0.2) is 11.5 Å². The highest BCUT2D eigenvalue weighted by atomic mass is 79.9. The number of fused-ring (bicyclic) bond motifs is 1. The number of anilines is 1. The quantitative estimate of drug-likeness (QED) is 0.928. The van der Waals surface area contributed by atoms with E-state index in [0.717, 1.165) is 27.2 Å². The van der Waals surface area contributed by atoms with Gasteiger partial charge in [0.2, 0.25) is 6.79 Å². The summed E-state index contributed by atoms with van der Waals surface area (Å²) in [6.07, 6.45) is 0. The van der Waals surface area contributed by atoms with Crippen molar-refractivity contribution in [2.24, 2.45) is 0 Å². The van der Waals surface area contributed by atoms with Crippen LogP contribution < -0.4 is 14.8 Å². The topological polar surface area (TPSA) is 30.5 Å². The molecule has 0 radical (unpaired) electrons. The predicted octanol–water partition coefficient (Wildman–Crippen LogP) is 3.93. The Labute approximate surface area is 118 Å². The molecule has 1 heterocycles. The Bertz CT molecular complexity index is 618. The molecule has 0 bridgehead atoms. The maximum atomic E-state index is 13.0. The molecule has 2 aromatic rings. The van der Waals surface area contributed by atoms with Crippen LogP contribution in [0.3, 0.4) is 0 Å². The van der Waals surface area contributed by atoms with Gasteiger partial charge in [0.1, 0.15) is 5.82 Å². The van der Waals surface area contributed by atoms with Crippen LogP contribution in [0.4, 0.5) is 10.1 Å². The SMILES string of the molecule is Fc1ccc(CNc2ccc3c(c2)OCO3)c(Br)c1. The van der Waals surface area contributed by atoms with Crippen LogP contribution in [-0.4, -0.2) is 6.79 Å². The third-order valence-electron chi connectivity index (χ3n) is 2.87. The standard InChI is InChI=1S/C14H11BrFNO2/c15-12-5-10(16)2-1-9(12)7-17-11-3-4-13-14(6-11)19-8-18-13/h1-6,17H,7-8H2. The summed E-state index contributed by atoms with van der Waals surface area (Å²) in [5.74, 6) is 1.25. The molecule has 0 fully saturated rings. The van der Waals surface area contributed by atoms with E-state index in [-0.39, 0.29) is 12.6 Å². The fraction of sp³-hybridized carbons (Fsp3) is 0.143. The number of hydrogen-bond acceptors (Lipinski definition) is 3. The lowest BCUT2D eigenvalue weighted by molar-refractivity contribution is 0.174. The first-order chi connectivity index (χ1) is 9.22. The van der Waals surface area contributed by atoms with E-state index in [1.165, 1.54) is 12.1 Å². The summed E-state index contributed by atoms with van der Waals surface area (Å²) in [4.78, 5) is 0. The van der Waals surface area contributed by atoms with Gasteiger partial charge in [-0.3, -0.25) is 0 Å². The molecule has 19 heavy (non-hydrogen) atoms. The Morgan fingerprint density at radius 2 is 1.95 bits per heavy atom. The highest BCUT2D eigenvalue weighted by Crippen LogP contribution is 2.34. The van der Waals surface area contributed by atoms with Crippen LogP contribution in [0.2, 0.25) is 0 Å². The van der Waals surface area contributed by atoms with Crippen molar-refractivity contribution in [3.8, 4) is 11.5 Å². The molecule has 0 saturated heterocycles. The molecular formula is C14H11BrFNO2. The maximum Gasteiger partial charge on any atom is 0.231 e. The van der Waals surface area contributed by atoms with Crippen LogP contribution in [0.15, 0.2) is 40.9 Å². The zero-order valence-electron chi connectivity index (χ0n) is 9.95. The van der Waals surface area contributed by atoms with Crippen molar-refractivity contribution in [1.29, 1.82) is 0 Å². The molecule has 0 aliphatic carbocycles.